The lowest BCUT2D eigenvalue weighted by atomic mass is 9.69. The highest BCUT2D eigenvalue weighted by Crippen LogP contribution is 2.44. The standard InChI is InChI=1S/C44H51N5O5S/c1-43(2,45-28-38(51)34-16-19-37(50)41-35(34)17-20-40(52)47-41)25-30-13-18-36-31(24-30)27-46-49(36)22-21-48(3)33-14-11-29(12-15-33)26-44(42(53)54,39-10-7-23-55-39)32-8-5-4-6-9-32/h4-10,13,16-20,23-24,27,29,33,38,45,50-51H,11-12,14-15,21-22,25-26,28H2,1-3H3,(H,47,52)(H,53,54)/t29?,33?,38-,44?/m0/s1. The molecule has 0 spiro atoms. The number of carboxylic acid groups (broad SMARTS) is 1. The highest BCUT2D eigenvalue weighted by atomic mass is 32.1. The molecule has 7 rings (SSSR count). The molecule has 0 bridgehead atoms. The quantitative estimate of drug-likeness (QED) is 0.0737. The van der Waals surface area contributed by atoms with E-state index in [1.165, 1.54) is 29.0 Å². The maximum atomic E-state index is 13.0. The molecule has 1 aliphatic rings. The van der Waals surface area contributed by atoms with Gasteiger partial charge in [0.2, 0.25) is 5.56 Å². The van der Waals surface area contributed by atoms with Crippen molar-refractivity contribution < 1.29 is 20.1 Å². The minimum Gasteiger partial charge on any atom is -0.506 e. The minimum absolute atomic E-state index is 0.0304. The van der Waals surface area contributed by atoms with Gasteiger partial charge < -0.3 is 30.5 Å². The number of H-pyrrole nitrogens is 1. The van der Waals surface area contributed by atoms with Crippen molar-refractivity contribution >= 4 is 39.1 Å². The van der Waals surface area contributed by atoms with Crippen LogP contribution in [0.1, 0.15) is 73.6 Å². The van der Waals surface area contributed by atoms with E-state index in [9.17, 15) is 24.9 Å². The van der Waals surface area contributed by atoms with Crippen LogP contribution in [0.15, 0.2) is 101 Å². The van der Waals surface area contributed by atoms with Crippen molar-refractivity contribution in [1.29, 1.82) is 0 Å². The summed E-state index contributed by atoms with van der Waals surface area (Å²) in [5.41, 5.74) is 2.42. The molecule has 288 valence electrons. The number of β-amino-alcohol motifs (C(OH)–C–C–N with tert-alkyl or cyclic N) is 1. The number of aromatic nitrogens is 3. The zero-order chi connectivity index (χ0) is 38.7. The summed E-state index contributed by atoms with van der Waals surface area (Å²) in [6.45, 7) is 6.17. The summed E-state index contributed by atoms with van der Waals surface area (Å²) in [7, 11) is 2.20. The number of rotatable bonds is 15. The molecular weight excluding hydrogens is 711 g/mol. The number of thiophene rings is 1. The van der Waals surface area contributed by atoms with Gasteiger partial charge >= 0.3 is 5.97 Å². The normalized spacial score (nSPS) is 18.1. The van der Waals surface area contributed by atoms with E-state index >= 15 is 0 Å². The van der Waals surface area contributed by atoms with Gasteiger partial charge in [-0.05, 0) is 118 Å². The average Bonchev–Trinajstić information content (AvgIpc) is 3.87. The summed E-state index contributed by atoms with van der Waals surface area (Å²) in [6, 6.07) is 26.8. The number of nitrogens with one attached hydrogen (secondary N) is 2. The van der Waals surface area contributed by atoms with Crippen molar-refractivity contribution in [1.82, 2.24) is 25.0 Å². The van der Waals surface area contributed by atoms with Crippen LogP contribution in [0.5, 0.6) is 5.75 Å². The number of likely N-dealkylation sites (N-methyl/N-ethyl adjacent to an activating group) is 1. The predicted molar refractivity (Wildman–Crippen MR) is 219 cm³/mol. The number of hydrogen-bond donors (Lipinski definition) is 5. The number of phenols is 1. The molecule has 3 heterocycles. The van der Waals surface area contributed by atoms with Gasteiger partial charge in [-0.1, -0.05) is 48.5 Å². The highest BCUT2D eigenvalue weighted by Gasteiger charge is 2.45. The molecule has 0 aliphatic heterocycles. The van der Waals surface area contributed by atoms with Gasteiger partial charge in [-0.3, -0.25) is 14.3 Å². The lowest BCUT2D eigenvalue weighted by molar-refractivity contribution is -0.142. The molecule has 3 aromatic heterocycles. The molecule has 0 radical (unpaired) electrons. The second-order valence-corrected chi connectivity index (χ2v) is 16.9. The number of pyridine rings is 1. The maximum Gasteiger partial charge on any atom is 0.319 e. The van der Waals surface area contributed by atoms with Gasteiger partial charge in [-0.2, -0.15) is 5.10 Å². The number of aliphatic carboxylic acids is 1. The molecule has 10 nitrogen and oxygen atoms in total. The summed E-state index contributed by atoms with van der Waals surface area (Å²) in [4.78, 5) is 30.9. The van der Waals surface area contributed by atoms with Crippen LogP contribution in [0.4, 0.5) is 0 Å². The lowest BCUT2D eigenvalue weighted by Crippen LogP contribution is -2.43. The number of aromatic amines is 1. The SMILES string of the molecule is CN(CCn1ncc2cc(CC(C)(C)NC[C@H](O)c3ccc(O)c4[nH]c(=O)ccc34)ccc21)C1CCC(CC(C(=O)O)(c2ccccc2)c2cccs2)CC1. The Kier molecular flexibility index (Phi) is 11.3. The Hall–Kier alpha value is -4.81. The molecule has 1 aliphatic carbocycles. The molecule has 1 unspecified atom stereocenters. The number of fused-ring (bicyclic) bond motifs is 2. The molecule has 1 saturated carbocycles. The number of hydrogen-bond acceptors (Lipinski definition) is 8. The maximum absolute atomic E-state index is 13.0. The molecule has 0 amide bonds. The Morgan fingerprint density at radius 2 is 1.82 bits per heavy atom. The third-order valence-corrected chi connectivity index (χ3v) is 12.7. The van der Waals surface area contributed by atoms with Gasteiger partial charge in [-0.25, -0.2) is 0 Å². The van der Waals surface area contributed by atoms with Crippen molar-refractivity contribution in [3.63, 3.8) is 0 Å². The highest BCUT2D eigenvalue weighted by molar-refractivity contribution is 7.10. The Balaban J connectivity index is 0.924. The van der Waals surface area contributed by atoms with E-state index in [1.807, 2.05) is 54.0 Å². The largest absolute Gasteiger partial charge is 0.506 e. The fourth-order valence-electron chi connectivity index (χ4n) is 8.61. The second kappa shape index (κ2) is 16.1. The lowest BCUT2D eigenvalue weighted by Gasteiger charge is -2.38. The van der Waals surface area contributed by atoms with E-state index in [4.69, 9.17) is 5.10 Å². The van der Waals surface area contributed by atoms with Crippen molar-refractivity contribution in [2.24, 2.45) is 5.92 Å². The molecule has 0 saturated heterocycles. The number of carboxylic acids is 1. The molecular formula is C44H51N5O5S. The molecule has 11 heteroatoms. The molecule has 55 heavy (non-hydrogen) atoms. The van der Waals surface area contributed by atoms with E-state index in [1.54, 1.807) is 12.1 Å². The van der Waals surface area contributed by atoms with Crippen LogP contribution in [-0.4, -0.2) is 72.7 Å². The van der Waals surface area contributed by atoms with Gasteiger partial charge in [0.15, 0.2) is 0 Å². The number of phenolic OH excluding ortho intramolecular Hbond substituents is 1. The summed E-state index contributed by atoms with van der Waals surface area (Å²) in [5, 5.41) is 44.0. The number of aromatic hydroxyl groups is 1. The van der Waals surface area contributed by atoms with Crippen molar-refractivity contribution in [3.8, 4) is 5.75 Å². The Morgan fingerprint density at radius 3 is 2.55 bits per heavy atom. The number of nitrogens with zero attached hydrogens (tertiary/aromatic N) is 3. The van der Waals surface area contributed by atoms with E-state index in [0.717, 1.165) is 66.5 Å². The van der Waals surface area contributed by atoms with E-state index in [2.05, 4.69) is 59.0 Å². The Labute approximate surface area is 325 Å². The Morgan fingerprint density at radius 1 is 1.04 bits per heavy atom. The van der Waals surface area contributed by atoms with Crippen molar-refractivity contribution in [3.05, 3.63) is 128 Å². The van der Waals surface area contributed by atoms with Gasteiger partial charge in [0.1, 0.15) is 11.2 Å². The summed E-state index contributed by atoms with van der Waals surface area (Å²) >= 11 is 1.54. The average molecular weight is 762 g/mol. The van der Waals surface area contributed by atoms with E-state index < -0.39 is 17.5 Å². The summed E-state index contributed by atoms with van der Waals surface area (Å²) in [5.74, 6) is -0.460. The van der Waals surface area contributed by atoms with Crippen LogP contribution < -0.4 is 10.9 Å². The first-order chi connectivity index (χ1) is 26.4. The van der Waals surface area contributed by atoms with Crippen LogP contribution in [0.3, 0.4) is 0 Å². The fourth-order valence-corrected chi connectivity index (χ4v) is 9.56. The van der Waals surface area contributed by atoms with Gasteiger partial charge in [-0.15, -0.1) is 11.3 Å². The van der Waals surface area contributed by atoms with Gasteiger partial charge in [0.05, 0.1) is 29.9 Å². The van der Waals surface area contributed by atoms with Crippen LogP contribution in [-0.2, 0) is 23.2 Å². The Bertz CT molecular complexity index is 2290. The first-order valence-electron chi connectivity index (χ1n) is 19.2. The van der Waals surface area contributed by atoms with Crippen LogP contribution >= 0.6 is 11.3 Å². The zero-order valence-electron chi connectivity index (χ0n) is 31.7. The minimum atomic E-state index is -1.02. The second-order valence-electron chi connectivity index (χ2n) is 15.9. The number of aliphatic hydroxyl groups is 1. The number of aliphatic hydroxyl groups excluding tert-OH is 1. The number of benzene rings is 3. The zero-order valence-corrected chi connectivity index (χ0v) is 32.6. The predicted octanol–water partition coefficient (Wildman–Crippen LogP) is 7.24. The smallest absolute Gasteiger partial charge is 0.319 e. The topological polar surface area (TPSA) is 144 Å². The molecule has 2 atom stereocenters. The molecule has 1 fully saturated rings. The third-order valence-electron chi connectivity index (χ3n) is 11.7. The van der Waals surface area contributed by atoms with Gasteiger partial charge in [0.25, 0.3) is 0 Å². The summed E-state index contributed by atoms with van der Waals surface area (Å²) in [6.07, 6.45) is 6.56. The molecule has 6 aromatic rings. The van der Waals surface area contributed by atoms with Gasteiger partial charge in [0, 0.05) is 46.4 Å². The number of carbonyl (C=O) groups is 1. The van der Waals surface area contributed by atoms with Crippen molar-refractivity contribution in [2.75, 3.05) is 20.1 Å². The van der Waals surface area contributed by atoms with Crippen molar-refractivity contribution in [2.45, 2.75) is 82.0 Å². The third kappa shape index (κ3) is 8.26. The summed E-state index contributed by atoms with van der Waals surface area (Å²) < 4.78 is 2.08. The first kappa shape index (κ1) is 38.5. The first-order valence-corrected chi connectivity index (χ1v) is 20.1. The van der Waals surface area contributed by atoms with Crippen LogP contribution in [0.25, 0.3) is 21.8 Å². The monoisotopic (exact) mass is 761 g/mol. The van der Waals surface area contributed by atoms with Crippen LogP contribution in [0.2, 0.25) is 0 Å². The van der Waals surface area contributed by atoms with E-state index in [0.29, 0.717) is 41.4 Å². The molecule has 3 aromatic carbocycles. The van der Waals surface area contributed by atoms with Crippen LogP contribution in [0, 0.1) is 5.92 Å². The molecule has 5 N–H and O–H groups in total. The fraction of sp³-hybridized carbons (Fsp3) is 0.386. The van der Waals surface area contributed by atoms with E-state index in [-0.39, 0.29) is 16.8 Å².